The van der Waals surface area contributed by atoms with E-state index in [1.165, 1.54) is 0 Å². The summed E-state index contributed by atoms with van der Waals surface area (Å²) in [7, 11) is 0. The number of imidazole rings is 1. The predicted octanol–water partition coefficient (Wildman–Crippen LogP) is 5.44. The number of amides is 1. The van der Waals surface area contributed by atoms with Gasteiger partial charge in [-0.05, 0) is 56.4 Å². The first-order chi connectivity index (χ1) is 17.1. The second-order valence-corrected chi connectivity index (χ2v) is 9.98. The Morgan fingerprint density at radius 2 is 1.75 bits per heavy atom. The average Bonchev–Trinajstić information content (AvgIpc) is 3.20. The maximum atomic E-state index is 12.8. The summed E-state index contributed by atoms with van der Waals surface area (Å²) in [4.78, 5) is 29.8. The zero-order valence-corrected chi connectivity index (χ0v) is 21.9. The summed E-state index contributed by atoms with van der Waals surface area (Å²) in [6.45, 7) is 9.87. The normalized spacial score (nSPS) is 12.4. The standard InChI is InChI=1S/C29H37N3O4/c1-6-8-13-24-31-25(23(33)7-2)26(27(30)34)32(24)18-19-14-16-20(17-15-19)21-11-9-10-12-22(21)28(35)36-29(3,4)5/h9-12,14-17,23,33H,6-8,13,18H2,1-5H3,(H2,30,34). The topological polar surface area (TPSA) is 107 Å². The molecule has 7 nitrogen and oxygen atoms in total. The molecule has 36 heavy (non-hydrogen) atoms. The number of esters is 1. The van der Waals surface area contributed by atoms with Gasteiger partial charge in [-0.3, -0.25) is 4.79 Å². The van der Waals surface area contributed by atoms with Crippen LogP contribution < -0.4 is 5.73 Å². The van der Waals surface area contributed by atoms with E-state index in [1.54, 1.807) is 6.07 Å². The molecular formula is C29H37N3O4. The van der Waals surface area contributed by atoms with Gasteiger partial charge in [0.2, 0.25) is 0 Å². The highest BCUT2D eigenvalue weighted by Crippen LogP contribution is 2.28. The van der Waals surface area contributed by atoms with Crippen molar-refractivity contribution in [1.29, 1.82) is 0 Å². The Hall–Kier alpha value is -3.45. The predicted molar refractivity (Wildman–Crippen MR) is 141 cm³/mol. The fraction of sp³-hybridized carbons (Fsp3) is 0.414. The van der Waals surface area contributed by atoms with Crippen molar-refractivity contribution < 1.29 is 19.4 Å². The van der Waals surface area contributed by atoms with E-state index >= 15 is 0 Å². The smallest absolute Gasteiger partial charge is 0.339 e. The van der Waals surface area contributed by atoms with Crippen LogP contribution in [-0.2, 0) is 17.7 Å². The number of nitrogens with zero attached hydrogens (tertiary/aromatic N) is 2. The fourth-order valence-corrected chi connectivity index (χ4v) is 4.12. The monoisotopic (exact) mass is 491 g/mol. The van der Waals surface area contributed by atoms with Crippen molar-refractivity contribution in [2.24, 2.45) is 5.73 Å². The van der Waals surface area contributed by atoms with E-state index in [0.717, 1.165) is 35.4 Å². The largest absolute Gasteiger partial charge is 0.456 e. The van der Waals surface area contributed by atoms with Gasteiger partial charge in [0, 0.05) is 13.0 Å². The minimum absolute atomic E-state index is 0.259. The van der Waals surface area contributed by atoms with Gasteiger partial charge in [-0.15, -0.1) is 0 Å². The van der Waals surface area contributed by atoms with Crippen LogP contribution in [0.1, 0.15) is 97.9 Å². The van der Waals surface area contributed by atoms with Gasteiger partial charge in [0.25, 0.3) is 5.91 Å². The number of primary amides is 1. The second kappa shape index (κ2) is 11.5. The van der Waals surface area contributed by atoms with E-state index in [9.17, 15) is 14.7 Å². The molecule has 7 heteroatoms. The number of aliphatic hydroxyl groups is 1. The molecule has 3 N–H and O–H groups in total. The van der Waals surface area contributed by atoms with Crippen molar-refractivity contribution in [3.05, 3.63) is 76.9 Å². The summed E-state index contributed by atoms with van der Waals surface area (Å²) >= 11 is 0. The summed E-state index contributed by atoms with van der Waals surface area (Å²) < 4.78 is 7.42. The van der Waals surface area contributed by atoms with Crippen LogP contribution in [0.4, 0.5) is 0 Å². The lowest BCUT2D eigenvalue weighted by Crippen LogP contribution is -2.24. The molecule has 1 aromatic heterocycles. The van der Waals surface area contributed by atoms with Crippen LogP contribution in [0.25, 0.3) is 11.1 Å². The molecule has 1 unspecified atom stereocenters. The molecule has 0 aliphatic carbocycles. The van der Waals surface area contributed by atoms with E-state index in [2.05, 4.69) is 11.9 Å². The lowest BCUT2D eigenvalue weighted by Gasteiger charge is -2.20. The third-order valence-electron chi connectivity index (χ3n) is 5.91. The number of ether oxygens (including phenoxy) is 1. The summed E-state index contributed by atoms with van der Waals surface area (Å²) in [6.07, 6.45) is 2.18. The molecule has 0 fully saturated rings. The van der Waals surface area contributed by atoms with Crippen molar-refractivity contribution >= 4 is 11.9 Å². The van der Waals surface area contributed by atoms with Gasteiger partial charge >= 0.3 is 5.97 Å². The number of nitrogens with two attached hydrogens (primary N) is 1. The average molecular weight is 492 g/mol. The highest BCUT2D eigenvalue weighted by atomic mass is 16.6. The molecule has 0 saturated carbocycles. The van der Waals surface area contributed by atoms with Crippen molar-refractivity contribution in [2.75, 3.05) is 0 Å². The number of hydrogen-bond acceptors (Lipinski definition) is 5. The molecule has 3 rings (SSSR count). The third kappa shape index (κ3) is 6.40. The van der Waals surface area contributed by atoms with E-state index in [0.29, 0.717) is 30.6 Å². The van der Waals surface area contributed by atoms with Crippen molar-refractivity contribution in [2.45, 2.75) is 78.6 Å². The minimum atomic E-state index is -0.846. The molecule has 0 bridgehead atoms. The van der Waals surface area contributed by atoms with E-state index in [1.807, 2.05) is 74.7 Å². The Balaban J connectivity index is 1.96. The summed E-state index contributed by atoms with van der Waals surface area (Å²) in [5.74, 6) is -0.225. The maximum Gasteiger partial charge on any atom is 0.339 e. The Bertz CT molecular complexity index is 1210. The lowest BCUT2D eigenvalue weighted by molar-refractivity contribution is 0.00703. The Morgan fingerprint density at radius 3 is 2.33 bits per heavy atom. The second-order valence-electron chi connectivity index (χ2n) is 9.98. The minimum Gasteiger partial charge on any atom is -0.456 e. The highest BCUT2D eigenvalue weighted by Gasteiger charge is 2.25. The van der Waals surface area contributed by atoms with Gasteiger partial charge in [-0.2, -0.15) is 0 Å². The lowest BCUT2D eigenvalue weighted by atomic mass is 9.98. The van der Waals surface area contributed by atoms with Crippen LogP contribution in [0.15, 0.2) is 48.5 Å². The summed E-state index contributed by atoms with van der Waals surface area (Å²) in [5, 5.41) is 10.5. The van der Waals surface area contributed by atoms with E-state index in [4.69, 9.17) is 10.5 Å². The molecule has 0 aliphatic rings. The zero-order chi connectivity index (χ0) is 26.5. The molecule has 192 valence electrons. The molecule has 1 heterocycles. The van der Waals surface area contributed by atoms with Crippen LogP contribution in [-0.4, -0.2) is 32.1 Å². The molecule has 0 spiro atoms. The van der Waals surface area contributed by atoms with E-state index in [-0.39, 0.29) is 11.7 Å². The number of rotatable bonds is 10. The number of aromatic nitrogens is 2. The molecular weight excluding hydrogens is 454 g/mol. The Kier molecular flexibility index (Phi) is 8.69. The van der Waals surface area contributed by atoms with Crippen LogP contribution in [0.3, 0.4) is 0 Å². The SMILES string of the molecule is CCCCc1nc(C(O)CC)c(C(N)=O)n1Cc1ccc(-c2ccccc2C(=O)OC(C)(C)C)cc1. The molecule has 0 saturated heterocycles. The number of aryl methyl sites for hydroxylation is 1. The number of unbranched alkanes of at least 4 members (excludes halogenated alkanes) is 1. The first kappa shape index (κ1) is 27.1. The van der Waals surface area contributed by atoms with Gasteiger partial charge < -0.3 is 20.1 Å². The molecule has 1 atom stereocenters. The number of aliphatic hydroxyl groups excluding tert-OH is 1. The molecule has 3 aromatic rings. The number of carbonyl (C=O) groups is 2. The van der Waals surface area contributed by atoms with Crippen LogP contribution in [0.5, 0.6) is 0 Å². The quantitative estimate of drug-likeness (QED) is 0.367. The van der Waals surface area contributed by atoms with Gasteiger partial charge in [-0.1, -0.05) is 62.7 Å². The summed E-state index contributed by atoms with van der Waals surface area (Å²) in [6, 6.07) is 15.2. The van der Waals surface area contributed by atoms with Gasteiger partial charge in [0.05, 0.1) is 11.7 Å². The van der Waals surface area contributed by atoms with Crippen molar-refractivity contribution in [1.82, 2.24) is 9.55 Å². The van der Waals surface area contributed by atoms with Gasteiger partial charge in [-0.25, -0.2) is 9.78 Å². The molecule has 1 amide bonds. The van der Waals surface area contributed by atoms with Crippen molar-refractivity contribution in [3.63, 3.8) is 0 Å². The zero-order valence-electron chi connectivity index (χ0n) is 21.9. The Morgan fingerprint density at radius 1 is 1.08 bits per heavy atom. The first-order valence-corrected chi connectivity index (χ1v) is 12.5. The number of carbonyl (C=O) groups excluding carboxylic acids is 2. The van der Waals surface area contributed by atoms with Gasteiger partial charge in [0.1, 0.15) is 22.8 Å². The first-order valence-electron chi connectivity index (χ1n) is 12.5. The Labute approximate surface area is 213 Å². The fourth-order valence-electron chi connectivity index (χ4n) is 4.12. The van der Waals surface area contributed by atoms with Crippen LogP contribution in [0.2, 0.25) is 0 Å². The van der Waals surface area contributed by atoms with Gasteiger partial charge in [0.15, 0.2) is 0 Å². The summed E-state index contributed by atoms with van der Waals surface area (Å²) in [5.41, 5.74) is 8.88. The maximum absolute atomic E-state index is 12.8. The third-order valence-corrected chi connectivity index (χ3v) is 5.91. The van der Waals surface area contributed by atoms with E-state index < -0.39 is 17.6 Å². The highest BCUT2D eigenvalue weighted by molar-refractivity contribution is 5.97. The van der Waals surface area contributed by atoms with Crippen LogP contribution >= 0.6 is 0 Å². The van der Waals surface area contributed by atoms with Crippen LogP contribution in [0, 0.1) is 0 Å². The van der Waals surface area contributed by atoms with Crippen molar-refractivity contribution in [3.8, 4) is 11.1 Å². The number of hydrogen-bond donors (Lipinski definition) is 2. The molecule has 2 aromatic carbocycles. The molecule has 0 aliphatic heterocycles. The number of benzene rings is 2. The molecule has 0 radical (unpaired) electrons.